The lowest BCUT2D eigenvalue weighted by Gasteiger charge is -2.16. The van der Waals surface area contributed by atoms with E-state index in [1.54, 1.807) is 0 Å². The second-order valence-corrected chi connectivity index (χ2v) is 5.25. The van der Waals surface area contributed by atoms with Gasteiger partial charge in [-0.15, -0.1) is 0 Å². The molecule has 1 saturated carbocycles. The maximum absolute atomic E-state index is 12.0. The molecule has 0 aliphatic heterocycles. The van der Waals surface area contributed by atoms with Gasteiger partial charge in [0.05, 0.1) is 7.11 Å². The minimum Gasteiger partial charge on any atom is -0.467 e. The Hall–Kier alpha value is -0.830. The number of halogens is 3. The molecule has 100 valence electrons. The van der Waals surface area contributed by atoms with E-state index in [1.807, 2.05) is 0 Å². The van der Waals surface area contributed by atoms with Crippen molar-refractivity contribution in [3.8, 4) is 0 Å². The van der Waals surface area contributed by atoms with Gasteiger partial charge in [0, 0.05) is 0 Å². The molecule has 0 radical (unpaired) electrons. The Morgan fingerprint density at radius 1 is 1.41 bits per heavy atom. The summed E-state index contributed by atoms with van der Waals surface area (Å²) in [5.41, 5.74) is -5.54. The number of hydrogen-bond acceptors (Lipinski definition) is 5. The topological polar surface area (TPSA) is 69.7 Å². The number of carbonyl (C=O) groups is 1. The van der Waals surface area contributed by atoms with Gasteiger partial charge in [-0.3, -0.25) is 0 Å². The first kappa shape index (κ1) is 14.2. The zero-order chi connectivity index (χ0) is 13.3. The molecule has 0 amide bonds. The van der Waals surface area contributed by atoms with Crippen LogP contribution in [0, 0.1) is 5.92 Å². The Morgan fingerprint density at radius 3 is 2.29 bits per heavy atom. The third-order valence-corrected chi connectivity index (χ3v) is 3.29. The predicted molar refractivity (Wildman–Crippen MR) is 49.2 cm³/mol. The van der Waals surface area contributed by atoms with Crippen LogP contribution in [0.3, 0.4) is 0 Å². The average Bonchev–Trinajstić information content (AvgIpc) is 2.97. The van der Waals surface area contributed by atoms with Crippen molar-refractivity contribution in [1.29, 1.82) is 0 Å². The van der Waals surface area contributed by atoms with Crippen molar-refractivity contribution >= 4 is 16.1 Å². The van der Waals surface area contributed by atoms with E-state index < -0.39 is 27.7 Å². The minimum atomic E-state index is -5.77. The fourth-order valence-electron chi connectivity index (χ4n) is 1.17. The van der Waals surface area contributed by atoms with Gasteiger partial charge in [-0.25, -0.2) is 8.98 Å². The van der Waals surface area contributed by atoms with E-state index in [9.17, 15) is 26.4 Å². The van der Waals surface area contributed by atoms with Crippen LogP contribution < -0.4 is 0 Å². The monoisotopic (exact) mass is 276 g/mol. The molecular weight excluding hydrogens is 265 g/mol. The maximum atomic E-state index is 12.0. The average molecular weight is 276 g/mol. The van der Waals surface area contributed by atoms with Crippen molar-refractivity contribution in [2.45, 2.75) is 30.9 Å². The van der Waals surface area contributed by atoms with Gasteiger partial charge in [0.2, 0.25) is 0 Å². The lowest BCUT2D eigenvalue weighted by Crippen LogP contribution is -2.35. The molecule has 0 saturated heterocycles. The molecule has 0 N–H and O–H groups in total. The van der Waals surface area contributed by atoms with Gasteiger partial charge in [-0.05, 0) is 12.3 Å². The van der Waals surface area contributed by atoms with Crippen molar-refractivity contribution in [3.05, 3.63) is 0 Å². The summed E-state index contributed by atoms with van der Waals surface area (Å²) in [6, 6.07) is 0. The number of alkyl halides is 3. The first-order valence-corrected chi connectivity index (χ1v) is 6.15. The van der Waals surface area contributed by atoms with Crippen LogP contribution in [0.4, 0.5) is 13.2 Å². The van der Waals surface area contributed by atoms with E-state index in [0.717, 1.165) is 20.0 Å². The Balaban J connectivity index is 2.74. The molecule has 0 spiro atoms. The molecule has 0 aromatic heterocycles. The van der Waals surface area contributed by atoms with E-state index in [0.29, 0.717) is 0 Å². The van der Waals surface area contributed by atoms with Crippen LogP contribution in [0.15, 0.2) is 0 Å². The van der Waals surface area contributed by atoms with Crippen molar-refractivity contribution in [2.24, 2.45) is 5.92 Å². The van der Waals surface area contributed by atoms with Crippen molar-refractivity contribution in [3.63, 3.8) is 0 Å². The summed E-state index contributed by atoms with van der Waals surface area (Å²) in [6.07, 6.45) is -0.326. The standard InChI is InChI=1S/C8H11F3O5S/c1-15-7(12)6(4-5-2-3-5)16-17(13,14)8(9,10)11/h5-6H,2-4H2,1H3/t6-/m1/s1. The molecule has 1 aliphatic carbocycles. The van der Waals surface area contributed by atoms with E-state index in [1.165, 1.54) is 0 Å². The molecule has 0 bridgehead atoms. The summed E-state index contributed by atoms with van der Waals surface area (Å²) < 4.78 is 65.7. The zero-order valence-corrected chi connectivity index (χ0v) is 9.68. The van der Waals surface area contributed by atoms with Gasteiger partial charge in [0.15, 0.2) is 6.10 Å². The van der Waals surface area contributed by atoms with Crippen LogP contribution in [0.5, 0.6) is 0 Å². The molecule has 1 aliphatic rings. The third kappa shape index (κ3) is 3.84. The van der Waals surface area contributed by atoms with E-state index in [2.05, 4.69) is 8.92 Å². The zero-order valence-electron chi connectivity index (χ0n) is 8.86. The van der Waals surface area contributed by atoms with E-state index in [-0.39, 0.29) is 12.3 Å². The fourth-order valence-corrected chi connectivity index (χ4v) is 1.74. The number of hydrogen-bond donors (Lipinski definition) is 0. The second-order valence-electron chi connectivity index (χ2n) is 3.69. The summed E-state index contributed by atoms with van der Waals surface area (Å²) in [4.78, 5) is 11.1. The maximum Gasteiger partial charge on any atom is 0.523 e. The number of rotatable bonds is 5. The van der Waals surface area contributed by atoms with Crippen LogP contribution in [-0.2, 0) is 23.8 Å². The van der Waals surface area contributed by atoms with Gasteiger partial charge in [0.25, 0.3) is 0 Å². The molecule has 0 aromatic rings. The highest BCUT2D eigenvalue weighted by molar-refractivity contribution is 7.87. The molecule has 1 fully saturated rings. The number of esters is 1. The van der Waals surface area contributed by atoms with Crippen LogP contribution in [0.25, 0.3) is 0 Å². The SMILES string of the molecule is COC(=O)[C@@H](CC1CC1)OS(=O)(=O)C(F)(F)F. The van der Waals surface area contributed by atoms with Crippen LogP contribution in [0.1, 0.15) is 19.3 Å². The smallest absolute Gasteiger partial charge is 0.467 e. The van der Waals surface area contributed by atoms with E-state index >= 15 is 0 Å². The van der Waals surface area contributed by atoms with Crippen LogP contribution in [-0.4, -0.2) is 33.1 Å². The number of carbonyl (C=O) groups excluding carboxylic acids is 1. The first-order valence-electron chi connectivity index (χ1n) is 4.74. The molecule has 9 heteroatoms. The Morgan fingerprint density at radius 2 is 1.94 bits per heavy atom. The number of ether oxygens (including phenoxy) is 1. The van der Waals surface area contributed by atoms with Gasteiger partial charge in [-0.1, -0.05) is 12.8 Å². The summed E-state index contributed by atoms with van der Waals surface area (Å²) in [7, 11) is -4.82. The van der Waals surface area contributed by atoms with Gasteiger partial charge < -0.3 is 4.74 Å². The van der Waals surface area contributed by atoms with Gasteiger partial charge in [0.1, 0.15) is 0 Å². The molecule has 0 heterocycles. The lowest BCUT2D eigenvalue weighted by molar-refractivity contribution is -0.150. The molecule has 17 heavy (non-hydrogen) atoms. The fraction of sp³-hybridized carbons (Fsp3) is 0.875. The third-order valence-electron chi connectivity index (χ3n) is 2.23. The van der Waals surface area contributed by atoms with Gasteiger partial charge >= 0.3 is 21.6 Å². The highest BCUT2D eigenvalue weighted by atomic mass is 32.2. The summed E-state index contributed by atoms with van der Waals surface area (Å²) >= 11 is 0. The quantitative estimate of drug-likeness (QED) is 0.428. The second kappa shape index (κ2) is 4.81. The van der Waals surface area contributed by atoms with Gasteiger partial charge in [-0.2, -0.15) is 21.6 Å². The Labute approximate surface area is 96.0 Å². The summed E-state index contributed by atoms with van der Waals surface area (Å²) in [5, 5.41) is 0. The predicted octanol–water partition coefficient (Wildman–Crippen LogP) is 1.19. The Bertz CT molecular complexity index is 384. The molecule has 1 atom stereocenters. The minimum absolute atomic E-state index is 0.0162. The largest absolute Gasteiger partial charge is 0.523 e. The van der Waals surface area contributed by atoms with Crippen molar-refractivity contribution in [2.75, 3.05) is 7.11 Å². The lowest BCUT2D eigenvalue weighted by atomic mass is 10.2. The molecule has 0 unspecified atom stereocenters. The highest BCUT2D eigenvalue weighted by Crippen LogP contribution is 2.36. The molecular formula is C8H11F3O5S. The summed E-state index contributed by atoms with van der Waals surface area (Å²) in [5.74, 6) is -1.10. The van der Waals surface area contributed by atoms with Crippen molar-refractivity contribution in [1.82, 2.24) is 0 Å². The van der Waals surface area contributed by atoms with E-state index in [4.69, 9.17) is 0 Å². The Kier molecular flexibility index (Phi) is 4.03. The van der Waals surface area contributed by atoms with Crippen LogP contribution >= 0.6 is 0 Å². The molecule has 0 aromatic carbocycles. The summed E-state index contributed by atoms with van der Waals surface area (Å²) in [6.45, 7) is 0. The molecule has 1 rings (SSSR count). The highest BCUT2D eigenvalue weighted by Gasteiger charge is 2.50. The first-order chi connectivity index (χ1) is 7.67. The molecule has 5 nitrogen and oxygen atoms in total. The number of methoxy groups -OCH3 is 1. The normalized spacial score (nSPS) is 18.8. The van der Waals surface area contributed by atoms with Crippen LogP contribution in [0.2, 0.25) is 0 Å². The van der Waals surface area contributed by atoms with Crippen molar-refractivity contribution < 1.29 is 35.3 Å².